The third-order valence-electron chi connectivity index (χ3n) is 1.25. The molecule has 0 amide bonds. The smallest absolute Gasteiger partial charge is 0.332 e. The number of ether oxygens (including phenoxy) is 1. The van der Waals surface area contributed by atoms with Gasteiger partial charge in [0.25, 0.3) is 0 Å². The number of hydrogen-bond donors (Lipinski definition) is 1. The second-order valence-electron chi connectivity index (χ2n) is 1.98. The summed E-state index contributed by atoms with van der Waals surface area (Å²) in [5, 5.41) is 8.37. The highest BCUT2D eigenvalue weighted by Crippen LogP contribution is 2.15. The van der Waals surface area contributed by atoms with Gasteiger partial charge in [-0.15, -0.1) is 0 Å². The predicted octanol–water partition coefficient (Wildman–Crippen LogP) is 0.679. The number of carbonyl (C=O) groups is 1. The lowest BCUT2D eigenvalue weighted by Gasteiger charge is -2.16. The zero-order valence-electron chi connectivity index (χ0n) is 4.96. The molecule has 0 bridgehead atoms. The standard InChI is InChI=1S/C6H8O3/c7-6(8)5-3-1-2-4-9-5/h5H,1-3H2,(H,7,8). The van der Waals surface area contributed by atoms with E-state index in [1.807, 2.05) is 0 Å². The maximum absolute atomic E-state index is 10.2. The minimum atomic E-state index is -0.887. The molecule has 1 aliphatic heterocycles. The van der Waals surface area contributed by atoms with Crippen LogP contribution in [0, 0.1) is 6.61 Å². The largest absolute Gasteiger partial charge is 0.479 e. The van der Waals surface area contributed by atoms with E-state index in [0.29, 0.717) is 6.42 Å². The van der Waals surface area contributed by atoms with Crippen molar-refractivity contribution in [1.29, 1.82) is 0 Å². The Hall–Kier alpha value is -0.570. The van der Waals surface area contributed by atoms with E-state index in [2.05, 4.69) is 11.3 Å². The van der Waals surface area contributed by atoms with Gasteiger partial charge in [-0.2, -0.15) is 0 Å². The van der Waals surface area contributed by atoms with Gasteiger partial charge >= 0.3 is 5.97 Å². The molecule has 0 aromatic rings. The first kappa shape index (κ1) is 6.55. The van der Waals surface area contributed by atoms with Crippen LogP contribution in [0.1, 0.15) is 19.3 Å². The summed E-state index contributed by atoms with van der Waals surface area (Å²) < 4.78 is 4.69. The molecule has 9 heavy (non-hydrogen) atoms. The molecule has 3 nitrogen and oxygen atoms in total. The number of aliphatic carboxylic acids is 1. The van der Waals surface area contributed by atoms with Crippen LogP contribution in [0.25, 0.3) is 0 Å². The third-order valence-corrected chi connectivity index (χ3v) is 1.25. The molecule has 3 heteroatoms. The fourth-order valence-corrected chi connectivity index (χ4v) is 0.752. The number of rotatable bonds is 1. The summed E-state index contributed by atoms with van der Waals surface area (Å²) >= 11 is 0. The van der Waals surface area contributed by atoms with Crippen molar-refractivity contribution in [3.63, 3.8) is 0 Å². The lowest BCUT2D eigenvalue weighted by molar-refractivity contribution is -0.150. The van der Waals surface area contributed by atoms with Crippen LogP contribution in [0.15, 0.2) is 0 Å². The van der Waals surface area contributed by atoms with Gasteiger partial charge in [-0.3, -0.25) is 0 Å². The lowest BCUT2D eigenvalue weighted by Crippen LogP contribution is -2.25. The summed E-state index contributed by atoms with van der Waals surface area (Å²) in [5.41, 5.74) is 0. The van der Waals surface area contributed by atoms with Gasteiger partial charge in [-0.25, -0.2) is 4.79 Å². The quantitative estimate of drug-likeness (QED) is 0.564. The molecule has 0 aromatic carbocycles. The highest BCUT2D eigenvalue weighted by molar-refractivity contribution is 5.72. The van der Waals surface area contributed by atoms with Crippen LogP contribution in [0.2, 0.25) is 0 Å². The Balaban J connectivity index is 2.31. The van der Waals surface area contributed by atoms with Gasteiger partial charge in [-0.1, -0.05) is 0 Å². The maximum Gasteiger partial charge on any atom is 0.332 e. The molecular formula is C6H8O3. The van der Waals surface area contributed by atoms with Crippen molar-refractivity contribution in [1.82, 2.24) is 0 Å². The Kier molecular flexibility index (Phi) is 2.05. The van der Waals surface area contributed by atoms with Crippen molar-refractivity contribution in [2.45, 2.75) is 25.4 Å². The maximum atomic E-state index is 10.2. The Morgan fingerprint density at radius 1 is 1.78 bits per heavy atom. The zero-order valence-corrected chi connectivity index (χ0v) is 4.96. The first-order valence-corrected chi connectivity index (χ1v) is 2.92. The van der Waals surface area contributed by atoms with E-state index in [4.69, 9.17) is 5.11 Å². The van der Waals surface area contributed by atoms with E-state index in [1.54, 1.807) is 0 Å². The van der Waals surface area contributed by atoms with Crippen LogP contribution >= 0.6 is 0 Å². The predicted molar refractivity (Wildman–Crippen MR) is 29.6 cm³/mol. The van der Waals surface area contributed by atoms with E-state index in [9.17, 15) is 4.79 Å². The molecule has 1 fully saturated rings. The van der Waals surface area contributed by atoms with Gasteiger partial charge in [0.2, 0.25) is 0 Å². The second-order valence-corrected chi connectivity index (χ2v) is 1.98. The molecule has 50 valence electrons. The molecule has 1 heterocycles. The molecule has 0 saturated carbocycles. The Bertz CT molecular complexity index is 105. The molecule has 0 aliphatic carbocycles. The molecule has 1 aliphatic rings. The summed E-state index contributed by atoms with van der Waals surface area (Å²) in [6.07, 6.45) is 1.60. The van der Waals surface area contributed by atoms with Crippen molar-refractivity contribution < 1.29 is 14.6 Å². The minimum Gasteiger partial charge on any atom is -0.479 e. The monoisotopic (exact) mass is 128 g/mol. The molecule has 1 rings (SSSR count). The van der Waals surface area contributed by atoms with Gasteiger partial charge in [0, 0.05) is 0 Å². The number of carboxylic acid groups (broad SMARTS) is 1. The fraction of sp³-hybridized carbons (Fsp3) is 0.667. The van der Waals surface area contributed by atoms with Crippen LogP contribution in [0.3, 0.4) is 0 Å². The fourth-order valence-electron chi connectivity index (χ4n) is 0.752. The van der Waals surface area contributed by atoms with Crippen molar-refractivity contribution >= 4 is 5.97 Å². The van der Waals surface area contributed by atoms with Crippen LogP contribution in [-0.2, 0) is 9.53 Å². The second kappa shape index (κ2) is 2.82. The zero-order chi connectivity index (χ0) is 6.69. The van der Waals surface area contributed by atoms with E-state index in [-0.39, 0.29) is 0 Å². The third kappa shape index (κ3) is 1.68. The molecule has 1 N–H and O–H groups in total. The first-order valence-electron chi connectivity index (χ1n) is 2.92. The summed E-state index contributed by atoms with van der Waals surface area (Å²) in [4.78, 5) is 10.2. The Morgan fingerprint density at radius 3 is 2.89 bits per heavy atom. The molecular weight excluding hydrogens is 120 g/mol. The van der Waals surface area contributed by atoms with Gasteiger partial charge in [-0.05, 0) is 19.3 Å². The first-order chi connectivity index (χ1) is 4.30. The highest BCUT2D eigenvalue weighted by Gasteiger charge is 2.20. The van der Waals surface area contributed by atoms with Gasteiger partial charge < -0.3 is 9.84 Å². The van der Waals surface area contributed by atoms with E-state index < -0.39 is 12.1 Å². The van der Waals surface area contributed by atoms with Crippen LogP contribution in [0.5, 0.6) is 0 Å². The average Bonchev–Trinajstić information content (AvgIpc) is 1.90. The van der Waals surface area contributed by atoms with E-state index in [0.717, 1.165) is 12.8 Å². The molecule has 2 radical (unpaired) electrons. The summed E-state index contributed by atoms with van der Waals surface area (Å²) in [7, 11) is 0. The summed E-state index contributed by atoms with van der Waals surface area (Å²) in [6, 6.07) is 0. The van der Waals surface area contributed by atoms with Crippen molar-refractivity contribution in [2.75, 3.05) is 0 Å². The van der Waals surface area contributed by atoms with E-state index in [1.165, 1.54) is 0 Å². The van der Waals surface area contributed by atoms with Crippen molar-refractivity contribution in [3.05, 3.63) is 6.61 Å². The Morgan fingerprint density at radius 2 is 2.56 bits per heavy atom. The molecule has 0 spiro atoms. The van der Waals surface area contributed by atoms with E-state index >= 15 is 0 Å². The molecule has 0 aromatic heterocycles. The van der Waals surface area contributed by atoms with Crippen molar-refractivity contribution in [2.24, 2.45) is 0 Å². The van der Waals surface area contributed by atoms with Crippen LogP contribution in [0.4, 0.5) is 0 Å². The SMILES string of the molecule is O=C(O)C1CCC[C]O1. The van der Waals surface area contributed by atoms with Crippen LogP contribution < -0.4 is 0 Å². The number of carboxylic acids is 1. The normalized spacial score (nSPS) is 27.8. The van der Waals surface area contributed by atoms with Gasteiger partial charge in [0.15, 0.2) is 6.10 Å². The molecule has 1 atom stereocenters. The lowest BCUT2D eigenvalue weighted by atomic mass is 10.1. The van der Waals surface area contributed by atoms with Crippen molar-refractivity contribution in [3.8, 4) is 0 Å². The summed E-state index contributed by atoms with van der Waals surface area (Å²) in [6.45, 7) is 2.54. The summed E-state index contributed by atoms with van der Waals surface area (Å²) in [5.74, 6) is -0.887. The highest BCUT2D eigenvalue weighted by atomic mass is 16.5. The Labute approximate surface area is 53.6 Å². The minimum absolute atomic E-state index is 0.613. The average molecular weight is 128 g/mol. The molecule has 1 saturated heterocycles. The number of hydrogen-bond acceptors (Lipinski definition) is 2. The topological polar surface area (TPSA) is 46.5 Å². The van der Waals surface area contributed by atoms with Crippen LogP contribution in [-0.4, -0.2) is 17.2 Å². The van der Waals surface area contributed by atoms with Gasteiger partial charge in [0.1, 0.15) is 6.61 Å². The molecule has 1 unspecified atom stereocenters. The van der Waals surface area contributed by atoms with Gasteiger partial charge in [0.05, 0.1) is 0 Å².